The molecule has 2 rings (SSSR count). The van der Waals surface area contributed by atoms with Gasteiger partial charge in [-0.2, -0.15) is 0 Å². The Hall–Kier alpha value is -0.820. The zero-order valence-corrected chi connectivity index (χ0v) is 6.51. The molecular weight excluding hydrogens is 134 g/mol. The fourth-order valence-electron chi connectivity index (χ4n) is 1.45. The largest absolute Gasteiger partial charge is 0.326 e. The van der Waals surface area contributed by atoms with Crippen molar-refractivity contribution in [3.63, 3.8) is 0 Å². The number of nitrogens with two attached hydrogens (primary N) is 1. The Bertz CT molecular complexity index is 251. The average Bonchev–Trinajstić information content (AvgIpc) is 2.87. The summed E-state index contributed by atoms with van der Waals surface area (Å²) in [4.78, 5) is 0. The lowest BCUT2D eigenvalue weighted by molar-refractivity contribution is 0.996. The molecule has 1 nitrogen and oxygen atoms in total. The molecule has 1 aliphatic carbocycles. The maximum atomic E-state index is 5.60. The molecule has 1 fully saturated rings. The van der Waals surface area contributed by atoms with Gasteiger partial charge in [0.25, 0.3) is 0 Å². The summed E-state index contributed by atoms with van der Waals surface area (Å²) in [5.41, 5.74) is 8.32. The summed E-state index contributed by atoms with van der Waals surface area (Å²) in [7, 11) is 0. The second kappa shape index (κ2) is 2.67. The highest BCUT2D eigenvalue weighted by Gasteiger charge is 2.24. The molecule has 57 valence electrons. The lowest BCUT2D eigenvalue weighted by atomic mass is 10.0. The van der Waals surface area contributed by atoms with E-state index in [0.717, 1.165) is 5.92 Å². The maximum Gasteiger partial charge on any atom is 0.0181 e. The molecule has 0 heterocycles. The molecule has 0 bridgehead atoms. The monoisotopic (exact) mass is 146 g/mol. The van der Waals surface area contributed by atoms with E-state index in [1.54, 1.807) is 0 Å². The third-order valence-electron chi connectivity index (χ3n) is 2.22. The van der Waals surface area contributed by atoms with Gasteiger partial charge in [0.1, 0.15) is 0 Å². The summed E-state index contributed by atoms with van der Waals surface area (Å²) in [6.45, 7) is 0.656. The van der Waals surface area contributed by atoms with Crippen molar-refractivity contribution in [2.45, 2.75) is 25.3 Å². The highest BCUT2D eigenvalue weighted by molar-refractivity contribution is 5.32. The lowest BCUT2D eigenvalue weighted by Gasteiger charge is -2.03. The van der Waals surface area contributed by atoms with Crippen molar-refractivity contribution in [3.05, 3.63) is 35.4 Å². The molecule has 1 heteroatoms. The Kier molecular flexibility index (Phi) is 1.66. The van der Waals surface area contributed by atoms with Crippen LogP contribution in [0, 0.1) is 6.07 Å². The van der Waals surface area contributed by atoms with Crippen molar-refractivity contribution >= 4 is 0 Å². The van der Waals surface area contributed by atoms with Crippen molar-refractivity contribution in [3.8, 4) is 0 Å². The van der Waals surface area contributed by atoms with E-state index in [0.29, 0.717) is 6.54 Å². The van der Waals surface area contributed by atoms with Crippen molar-refractivity contribution in [2.24, 2.45) is 5.73 Å². The first-order chi connectivity index (χ1) is 5.42. The van der Waals surface area contributed by atoms with Crippen LogP contribution in [0.2, 0.25) is 0 Å². The summed E-state index contributed by atoms with van der Waals surface area (Å²) in [6.07, 6.45) is 2.69. The molecule has 0 aromatic heterocycles. The van der Waals surface area contributed by atoms with Crippen LogP contribution in [0.1, 0.15) is 29.9 Å². The second-order valence-electron chi connectivity index (χ2n) is 3.10. The Morgan fingerprint density at radius 3 is 3.00 bits per heavy atom. The SMILES string of the molecule is NCc1c[c]ccc1C1CC1. The highest BCUT2D eigenvalue weighted by Crippen LogP contribution is 2.41. The van der Waals surface area contributed by atoms with E-state index in [1.165, 1.54) is 24.0 Å². The molecule has 1 aromatic carbocycles. The van der Waals surface area contributed by atoms with Gasteiger partial charge in [-0.05, 0) is 42.0 Å². The average molecular weight is 146 g/mol. The molecule has 11 heavy (non-hydrogen) atoms. The van der Waals surface area contributed by atoms with Crippen LogP contribution in [0.3, 0.4) is 0 Å². The summed E-state index contributed by atoms with van der Waals surface area (Å²) in [5.74, 6) is 0.808. The molecular formula is C10H12N. The molecule has 2 N–H and O–H groups in total. The standard InChI is InChI=1S/C10H12N/c11-7-9-3-1-2-4-10(9)8-5-6-8/h2-4,8H,5-7,11H2. The van der Waals surface area contributed by atoms with E-state index in [2.05, 4.69) is 12.1 Å². The van der Waals surface area contributed by atoms with Gasteiger partial charge in [-0.3, -0.25) is 0 Å². The van der Waals surface area contributed by atoms with Gasteiger partial charge in [0.05, 0.1) is 0 Å². The first-order valence-electron chi connectivity index (χ1n) is 4.11. The van der Waals surface area contributed by atoms with Gasteiger partial charge < -0.3 is 5.73 Å². The molecule has 1 radical (unpaired) electrons. The minimum absolute atomic E-state index is 0.656. The lowest BCUT2D eigenvalue weighted by Crippen LogP contribution is -1.99. The predicted molar refractivity (Wildman–Crippen MR) is 45.1 cm³/mol. The first-order valence-corrected chi connectivity index (χ1v) is 4.11. The van der Waals surface area contributed by atoms with E-state index in [9.17, 15) is 0 Å². The smallest absolute Gasteiger partial charge is 0.0181 e. The minimum Gasteiger partial charge on any atom is -0.326 e. The zero-order chi connectivity index (χ0) is 7.68. The fourth-order valence-corrected chi connectivity index (χ4v) is 1.45. The normalized spacial score (nSPS) is 16.8. The van der Waals surface area contributed by atoms with Crippen LogP contribution < -0.4 is 5.73 Å². The highest BCUT2D eigenvalue weighted by atomic mass is 14.5. The van der Waals surface area contributed by atoms with Crippen LogP contribution in [0.5, 0.6) is 0 Å². The Labute approximate surface area is 67.2 Å². The molecule has 0 atom stereocenters. The van der Waals surface area contributed by atoms with Crippen LogP contribution in [-0.2, 0) is 6.54 Å². The van der Waals surface area contributed by atoms with Gasteiger partial charge in [-0.1, -0.05) is 12.1 Å². The van der Waals surface area contributed by atoms with Gasteiger partial charge in [-0.15, -0.1) is 0 Å². The van der Waals surface area contributed by atoms with Crippen LogP contribution in [0.4, 0.5) is 0 Å². The van der Waals surface area contributed by atoms with Crippen LogP contribution >= 0.6 is 0 Å². The molecule has 0 amide bonds. The van der Waals surface area contributed by atoms with E-state index in [-0.39, 0.29) is 0 Å². The number of hydrogen-bond acceptors (Lipinski definition) is 1. The molecule has 0 unspecified atom stereocenters. The van der Waals surface area contributed by atoms with Crippen molar-refractivity contribution in [1.29, 1.82) is 0 Å². The minimum atomic E-state index is 0.656. The molecule has 1 saturated carbocycles. The van der Waals surface area contributed by atoms with Gasteiger partial charge in [0.15, 0.2) is 0 Å². The van der Waals surface area contributed by atoms with E-state index in [1.807, 2.05) is 12.1 Å². The number of rotatable bonds is 2. The predicted octanol–water partition coefficient (Wildman–Crippen LogP) is 1.82. The Morgan fingerprint density at radius 2 is 2.36 bits per heavy atom. The van der Waals surface area contributed by atoms with Gasteiger partial charge in [0, 0.05) is 6.54 Å². The Balaban J connectivity index is 2.34. The molecule has 0 spiro atoms. The summed E-state index contributed by atoms with van der Waals surface area (Å²) >= 11 is 0. The molecule has 0 saturated heterocycles. The van der Waals surface area contributed by atoms with Crippen LogP contribution in [0.15, 0.2) is 18.2 Å². The summed E-state index contributed by atoms with van der Waals surface area (Å²) in [6, 6.07) is 9.19. The zero-order valence-electron chi connectivity index (χ0n) is 6.51. The summed E-state index contributed by atoms with van der Waals surface area (Å²) < 4.78 is 0. The fraction of sp³-hybridized carbons (Fsp3) is 0.400. The number of hydrogen-bond donors (Lipinski definition) is 1. The third-order valence-corrected chi connectivity index (χ3v) is 2.22. The van der Waals surface area contributed by atoms with E-state index >= 15 is 0 Å². The molecule has 0 aliphatic heterocycles. The topological polar surface area (TPSA) is 26.0 Å². The summed E-state index contributed by atoms with van der Waals surface area (Å²) in [5, 5.41) is 0. The molecule has 1 aliphatic rings. The third kappa shape index (κ3) is 1.29. The second-order valence-corrected chi connectivity index (χ2v) is 3.10. The maximum absolute atomic E-state index is 5.60. The van der Waals surface area contributed by atoms with Crippen LogP contribution in [0.25, 0.3) is 0 Å². The molecule has 1 aromatic rings. The quantitative estimate of drug-likeness (QED) is 0.676. The van der Waals surface area contributed by atoms with Crippen LogP contribution in [-0.4, -0.2) is 0 Å². The van der Waals surface area contributed by atoms with E-state index < -0.39 is 0 Å². The van der Waals surface area contributed by atoms with Crippen molar-refractivity contribution in [2.75, 3.05) is 0 Å². The van der Waals surface area contributed by atoms with Crippen molar-refractivity contribution in [1.82, 2.24) is 0 Å². The van der Waals surface area contributed by atoms with E-state index in [4.69, 9.17) is 5.73 Å². The first kappa shape index (κ1) is 6.86. The van der Waals surface area contributed by atoms with Gasteiger partial charge in [0.2, 0.25) is 0 Å². The van der Waals surface area contributed by atoms with Crippen molar-refractivity contribution < 1.29 is 0 Å². The Morgan fingerprint density at radius 1 is 1.55 bits per heavy atom. The number of benzene rings is 1. The van der Waals surface area contributed by atoms with Gasteiger partial charge >= 0.3 is 0 Å². The van der Waals surface area contributed by atoms with Gasteiger partial charge in [-0.25, -0.2) is 0 Å².